The summed E-state index contributed by atoms with van der Waals surface area (Å²) < 4.78 is 5.18. The highest BCUT2D eigenvalue weighted by molar-refractivity contribution is 5.97. The molecule has 2 aromatic carbocycles. The van der Waals surface area contributed by atoms with Crippen molar-refractivity contribution in [2.45, 2.75) is 45.1 Å². The molecular formula is C23H30N2O2. The molecule has 0 aromatic heterocycles. The Hall–Kier alpha value is -2.33. The number of ether oxygens (including phenoxy) is 1. The van der Waals surface area contributed by atoms with Crippen LogP contribution in [0.5, 0.6) is 5.75 Å². The van der Waals surface area contributed by atoms with Gasteiger partial charge in [-0.05, 0) is 68.5 Å². The van der Waals surface area contributed by atoms with E-state index in [2.05, 4.69) is 56.4 Å². The molecule has 3 rings (SSSR count). The number of para-hydroxylation sites is 1. The fourth-order valence-electron chi connectivity index (χ4n) is 4.16. The van der Waals surface area contributed by atoms with E-state index in [1.165, 1.54) is 11.1 Å². The van der Waals surface area contributed by atoms with Gasteiger partial charge >= 0.3 is 0 Å². The van der Waals surface area contributed by atoms with Gasteiger partial charge in [0, 0.05) is 11.2 Å². The summed E-state index contributed by atoms with van der Waals surface area (Å²) in [5, 5.41) is 3.32. The third-order valence-electron chi connectivity index (χ3n) is 5.39. The van der Waals surface area contributed by atoms with Crippen LogP contribution in [0.15, 0.2) is 48.5 Å². The van der Waals surface area contributed by atoms with Gasteiger partial charge < -0.3 is 15.0 Å². The molecule has 0 bridgehead atoms. The summed E-state index contributed by atoms with van der Waals surface area (Å²) in [6.45, 7) is 7.69. The maximum absolute atomic E-state index is 13.0. The topological polar surface area (TPSA) is 41.6 Å². The summed E-state index contributed by atoms with van der Waals surface area (Å²) in [5.41, 5.74) is 3.38. The van der Waals surface area contributed by atoms with Gasteiger partial charge in [-0.2, -0.15) is 0 Å². The van der Waals surface area contributed by atoms with E-state index in [1.54, 1.807) is 7.11 Å². The smallest absolute Gasteiger partial charge is 0.241 e. The Bertz CT molecular complexity index is 783. The van der Waals surface area contributed by atoms with Crippen molar-refractivity contribution in [3.63, 3.8) is 0 Å². The van der Waals surface area contributed by atoms with E-state index in [0.29, 0.717) is 12.5 Å². The van der Waals surface area contributed by atoms with E-state index >= 15 is 0 Å². The van der Waals surface area contributed by atoms with Crippen LogP contribution in [0.25, 0.3) is 0 Å². The molecule has 1 heterocycles. The minimum atomic E-state index is -0.178. The summed E-state index contributed by atoms with van der Waals surface area (Å²) in [5.74, 6) is 1.46. The molecule has 0 unspecified atom stereocenters. The molecule has 27 heavy (non-hydrogen) atoms. The maximum Gasteiger partial charge on any atom is 0.241 e. The summed E-state index contributed by atoms with van der Waals surface area (Å²) in [4.78, 5) is 15.0. The van der Waals surface area contributed by atoms with Crippen LogP contribution < -0.4 is 15.0 Å². The average molecular weight is 367 g/mol. The first-order chi connectivity index (χ1) is 12.9. The quantitative estimate of drug-likeness (QED) is 0.781. The molecular weight excluding hydrogens is 336 g/mol. The number of fused-ring (bicyclic) bond motifs is 1. The minimum absolute atomic E-state index is 0.133. The second-order valence-corrected chi connectivity index (χ2v) is 7.98. The first-order valence-corrected chi connectivity index (χ1v) is 9.68. The van der Waals surface area contributed by atoms with Gasteiger partial charge in [0.2, 0.25) is 5.91 Å². The van der Waals surface area contributed by atoms with Gasteiger partial charge in [-0.25, -0.2) is 0 Å². The van der Waals surface area contributed by atoms with E-state index in [1.807, 2.05) is 23.1 Å². The highest BCUT2D eigenvalue weighted by atomic mass is 16.5. The molecule has 0 radical (unpaired) electrons. The van der Waals surface area contributed by atoms with Crippen molar-refractivity contribution >= 4 is 11.6 Å². The lowest BCUT2D eigenvalue weighted by Gasteiger charge is -2.46. The number of nitrogens with zero attached hydrogens (tertiary/aromatic N) is 1. The molecule has 2 aromatic rings. The van der Waals surface area contributed by atoms with Crippen molar-refractivity contribution in [3.05, 3.63) is 59.7 Å². The number of methoxy groups -OCH3 is 1. The lowest BCUT2D eigenvalue weighted by atomic mass is 9.80. The number of nitrogens with one attached hydrogen (secondary N) is 1. The summed E-state index contributed by atoms with van der Waals surface area (Å²) in [6.07, 6.45) is 1.86. The normalized spacial score (nSPS) is 18.1. The van der Waals surface area contributed by atoms with Crippen LogP contribution in [0.2, 0.25) is 0 Å². The van der Waals surface area contributed by atoms with Crippen molar-refractivity contribution in [2.24, 2.45) is 0 Å². The molecule has 0 spiro atoms. The van der Waals surface area contributed by atoms with E-state index in [0.717, 1.165) is 30.8 Å². The molecule has 0 fully saturated rings. The maximum atomic E-state index is 13.0. The predicted molar refractivity (Wildman–Crippen MR) is 111 cm³/mol. The van der Waals surface area contributed by atoms with E-state index < -0.39 is 0 Å². The van der Waals surface area contributed by atoms with Gasteiger partial charge in [-0.3, -0.25) is 4.79 Å². The highest BCUT2D eigenvalue weighted by Crippen LogP contribution is 2.43. The zero-order valence-corrected chi connectivity index (χ0v) is 16.8. The third kappa shape index (κ3) is 4.33. The zero-order chi connectivity index (χ0) is 19.4. The molecule has 0 aliphatic carbocycles. The van der Waals surface area contributed by atoms with Crippen LogP contribution in [0.4, 0.5) is 5.69 Å². The molecule has 1 aliphatic rings. The molecule has 1 atom stereocenters. The highest BCUT2D eigenvalue weighted by Gasteiger charge is 2.39. The van der Waals surface area contributed by atoms with Gasteiger partial charge in [0.05, 0.1) is 13.7 Å². The van der Waals surface area contributed by atoms with Crippen LogP contribution in [-0.2, 0) is 11.2 Å². The van der Waals surface area contributed by atoms with Gasteiger partial charge in [-0.1, -0.05) is 37.3 Å². The van der Waals surface area contributed by atoms with Crippen molar-refractivity contribution < 1.29 is 9.53 Å². The number of amides is 1. The Kier molecular flexibility index (Phi) is 5.85. The fraction of sp³-hybridized carbons (Fsp3) is 0.435. The van der Waals surface area contributed by atoms with Crippen LogP contribution in [0.3, 0.4) is 0 Å². The van der Waals surface area contributed by atoms with E-state index in [-0.39, 0.29) is 11.4 Å². The van der Waals surface area contributed by atoms with Gasteiger partial charge in [-0.15, -0.1) is 0 Å². The molecule has 4 nitrogen and oxygen atoms in total. The van der Waals surface area contributed by atoms with E-state index in [9.17, 15) is 4.79 Å². The Labute approximate surface area is 162 Å². The first-order valence-electron chi connectivity index (χ1n) is 9.68. The lowest BCUT2D eigenvalue weighted by molar-refractivity contribution is -0.119. The lowest BCUT2D eigenvalue weighted by Crippen LogP contribution is -2.54. The van der Waals surface area contributed by atoms with Gasteiger partial charge in [0.1, 0.15) is 5.75 Å². The number of hydrogen-bond donors (Lipinski definition) is 1. The number of benzene rings is 2. The molecule has 0 saturated carbocycles. The monoisotopic (exact) mass is 366 g/mol. The zero-order valence-electron chi connectivity index (χ0n) is 16.8. The summed E-state index contributed by atoms with van der Waals surface area (Å²) >= 11 is 0. The molecule has 1 N–H and O–H groups in total. The van der Waals surface area contributed by atoms with Crippen LogP contribution >= 0.6 is 0 Å². The Morgan fingerprint density at radius 2 is 1.89 bits per heavy atom. The Balaban J connectivity index is 1.60. The molecule has 144 valence electrons. The Morgan fingerprint density at radius 3 is 2.59 bits per heavy atom. The Morgan fingerprint density at radius 1 is 1.19 bits per heavy atom. The minimum Gasteiger partial charge on any atom is -0.497 e. The van der Waals surface area contributed by atoms with E-state index in [4.69, 9.17) is 4.74 Å². The SMILES string of the molecule is COc1ccc(CCNCC(=O)N2c3ccccc3[C@H](C)CC2(C)C)cc1. The van der Waals surface area contributed by atoms with Crippen molar-refractivity contribution in [1.29, 1.82) is 0 Å². The number of hydrogen-bond acceptors (Lipinski definition) is 3. The number of anilines is 1. The average Bonchev–Trinajstić information content (AvgIpc) is 2.65. The van der Waals surface area contributed by atoms with Crippen molar-refractivity contribution in [3.8, 4) is 5.75 Å². The van der Waals surface area contributed by atoms with Crippen LogP contribution in [-0.4, -0.2) is 31.6 Å². The number of rotatable bonds is 6. The second kappa shape index (κ2) is 8.13. The summed E-state index contributed by atoms with van der Waals surface area (Å²) in [6, 6.07) is 16.4. The van der Waals surface area contributed by atoms with Crippen molar-refractivity contribution in [2.75, 3.05) is 25.1 Å². The summed E-state index contributed by atoms with van der Waals surface area (Å²) in [7, 11) is 1.67. The molecule has 0 saturated heterocycles. The van der Waals surface area contributed by atoms with Crippen molar-refractivity contribution in [1.82, 2.24) is 5.32 Å². The third-order valence-corrected chi connectivity index (χ3v) is 5.39. The van der Waals surface area contributed by atoms with Crippen LogP contribution in [0.1, 0.15) is 44.2 Å². The molecule has 1 aliphatic heterocycles. The fourth-order valence-corrected chi connectivity index (χ4v) is 4.16. The second-order valence-electron chi connectivity index (χ2n) is 7.98. The molecule has 4 heteroatoms. The van der Waals surface area contributed by atoms with Gasteiger partial charge in [0.15, 0.2) is 0 Å². The van der Waals surface area contributed by atoms with Gasteiger partial charge in [0.25, 0.3) is 0 Å². The molecule has 1 amide bonds. The van der Waals surface area contributed by atoms with Crippen LogP contribution in [0, 0.1) is 0 Å². The predicted octanol–water partition coefficient (Wildman–Crippen LogP) is 4.15. The first kappa shape index (κ1) is 19.4. The number of carbonyl (C=O) groups excluding carboxylic acids is 1. The standard InChI is InChI=1S/C23H30N2O2/c1-17-15-23(2,3)25(21-8-6-5-7-20(17)21)22(26)16-24-14-13-18-9-11-19(27-4)12-10-18/h5-12,17,24H,13-16H2,1-4H3/t17-/m1/s1. The number of carbonyl (C=O) groups is 1. The largest absolute Gasteiger partial charge is 0.497 e.